The summed E-state index contributed by atoms with van der Waals surface area (Å²) in [4.78, 5) is -0.0923. The van der Waals surface area contributed by atoms with Crippen LogP contribution in [-0.4, -0.2) is 21.4 Å². The molecule has 0 aliphatic carbocycles. The van der Waals surface area contributed by atoms with Gasteiger partial charge in [0.1, 0.15) is 0 Å². The summed E-state index contributed by atoms with van der Waals surface area (Å²) in [6, 6.07) is 29.7. The van der Waals surface area contributed by atoms with Crippen LogP contribution in [0.4, 0.5) is 11.4 Å². The number of benzene rings is 4. The van der Waals surface area contributed by atoms with Crippen molar-refractivity contribution in [2.24, 2.45) is 0 Å². The summed E-state index contributed by atoms with van der Waals surface area (Å²) < 4.78 is 60.0. The van der Waals surface area contributed by atoms with E-state index in [4.69, 9.17) is 4.55 Å². The second-order valence-electron chi connectivity index (χ2n) is 6.96. The Bertz CT molecular complexity index is 1380. The maximum absolute atomic E-state index is 13.6. The minimum atomic E-state index is -4.27. The van der Waals surface area contributed by atoms with Crippen molar-refractivity contribution in [1.29, 1.82) is 0 Å². The molecule has 4 rings (SSSR count). The van der Waals surface area contributed by atoms with E-state index < -0.39 is 20.1 Å². The molecule has 0 bridgehead atoms. The van der Waals surface area contributed by atoms with Gasteiger partial charge in [-0.15, -0.1) is 0 Å². The molecular formula is C24H19NO5S2. The van der Waals surface area contributed by atoms with Gasteiger partial charge in [-0.1, -0.05) is 60.7 Å². The van der Waals surface area contributed by atoms with E-state index in [9.17, 15) is 16.8 Å². The smallest absolute Gasteiger partial charge is 0.282 e. The lowest BCUT2D eigenvalue weighted by molar-refractivity contribution is 0.483. The first-order valence-corrected chi connectivity index (χ1v) is 12.5. The number of nitrogens with zero attached hydrogens (tertiary/aromatic N) is 1. The Balaban J connectivity index is 1.72. The molecule has 0 heterocycles. The van der Waals surface area contributed by atoms with Gasteiger partial charge >= 0.3 is 0 Å². The van der Waals surface area contributed by atoms with Gasteiger partial charge in [0.15, 0.2) is 0 Å². The first-order valence-electron chi connectivity index (χ1n) is 9.60. The minimum Gasteiger partial charge on any atom is -0.282 e. The molecule has 6 nitrogen and oxygen atoms in total. The molecule has 0 spiro atoms. The molecule has 0 amide bonds. The highest BCUT2D eigenvalue weighted by Gasteiger charge is 2.26. The average molecular weight is 466 g/mol. The van der Waals surface area contributed by atoms with Crippen LogP contribution in [0.25, 0.3) is 11.1 Å². The molecule has 0 aromatic heterocycles. The zero-order chi connectivity index (χ0) is 22.8. The summed E-state index contributed by atoms with van der Waals surface area (Å²) in [5.41, 5.74) is 2.42. The van der Waals surface area contributed by atoms with Gasteiger partial charge in [-0.3, -0.25) is 4.55 Å². The number of rotatable bonds is 6. The Morgan fingerprint density at radius 2 is 0.875 bits per heavy atom. The van der Waals surface area contributed by atoms with Crippen molar-refractivity contribution in [3.63, 3.8) is 0 Å². The fourth-order valence-electron chi connectivity index (χ4n) is 3.30. The SMILES string of the molecule is O=S(=O)(O)c1ccc(-c2ccc(S(=O)(=O)N(c3ccccc3)c3ccccc3)cc2)cc1. The van der Waals surface area contributed by atoms with E-state index in [-0.39, 0.29) is 9.79 Å². The highest BCUT2D eigenvalue weighted by Crippen LogP contribution is 2.33. The quantitative estimate of drug-likeness (QED) is 0.399. The Morgan fingerprint density at radius 1 is 0.500 bits per heavy atom. The fraction of sp³-hybridized carbons (Fsp3) is 0. The molecule has 0 unspecified atom stereocenters. The van der Waals surface area contributed by atoms with Crippen molar-refractivity contribution in [3.05, 3.63) is 109 Å². The van der Waals surface area contributed by atoms with Crippen molar-refractivity contribution in [3.8, 4) is 11.1 Å². The first-order chi connectivity index (χ1) is 15.3. The molecule has 0 aliphatic rings. The summed E-state index contributed by atoms with van der Waals surface area (Å²) in [7, 11) is -8.19. The lowest BCUT2D eigenvalue weighted by atomic mass is 10.1. The zero-order valence-electron chi connectivity index (χ0n) is 16.7. The fourth-order valence-corrected chi connectivity index (χ4v) is 5.27. The summed E-state index contributed by atoms with van der Waals surface area (Å²) in [6.45, 7) is 0. The molecule has 0 fully saturated rings. The monoisotopic (exact) mass is 465 g/mol. The zero-order valence-corrected chi connectivity index (χ0v) is 18.4. The van der Waals surface area contributed by atoms with Gasteiger partial charge in [-0.2, -0.15) is 8.42 Å². The standard InChI is InChI=1S/C24H19NO5S2/c26-31(27,25(21-7-3-1-4-8-21)22-9-5-2-6-10-22)23-15-11-19(12-16-23)20-13-17-24(18-14-20)32(28,29)30/h1-18H,(H,28,29,30). The van der Waals surface area contributed by atoms with Crippen LogP contribution in [0.3, 0.4) is 0 Å². The lowest BCUT2D eigenvalue weighted by Gasteiger charge is -2.24. The van der Waals surface area contributed by atoms with Gasteiger partial charge in [-0.05, 0) is 59.7 Å². The summed E-state index contributed by atoms with van der Waals surface area (Å²) in [6.07, 6.45) is 0. The second kappa shape index (κ2) is 8.58. The third-order valence-corrected chi connectivity index (χ3v) is 7.50. The van der Waals surface area contributed by atoms with Crippen LogP contribution in [-0.2, 0) is 20.1 Å². The van der Waals surface area contributed by atoms with Crippen LogP contribution in [0.2, 0.25) is 0 Å². The van der Waals surface area contributed by atoms with E-state index in [2.05, 4.69) is 0 Å². The molecule has 162 valence electrons. The molecule has 8 heteroatoms. The molecule has 32 heavy (non-hydrogen) atoms. The van der Waals surface area contributed by atoms with Crippen LogP contribution in [0.5, 0.6) is 0 Å². The van der Waals surface area contributed by atoms with Crippen molar-refractivity contribution >= 4 is 31.5 Å². The van der Waals surface area contributed by atoms with Gasteiger partial charge in [-0.25, -0.2) is 12.7 Å². The normalized spacial score (nSPS) is 11.8. The van der Waals surface area contributed by atoms with Crippen molar-refractivity contribution < 1.29 is 21.4 Å². The van der Waals surface area contributed by atoms with Gasteiger partial charge in [0, 0.05) is 0 Å². The highest BCUT2D eigenvalue weighted by atomic mass is 32.2. The van der Waals surface area contributed by atoms with Crippen LogP contribution in [0.1, 0.15) is 0 Å². The van der Waals surface area contributed by atoms with E-state index in [1.807, 2.05) is 12.1 Å². The Morgan fingerprint density at radius 3 is 1.25 bits per heavy atom. The third-order valence-electron chi connectivity index (χ3n) is 4.86. The third kappa shape index (κ3) is 4.43. The predicted molar refractivity (Wildman–Crippen MR) is 124 cm³/mol. The average Bonchev–Trinajstić information content (AvgIpc) is 2.80. The van der Waals surface area contributed by atoms with E-state index in [0.29, 0.717) is 22.5 Å². The Labute approximate surface area is 187 Å². The summed E-state index contributed by atoms with van der Waals surface area (Å²) in [5, 5.41) is 0. The predicted octanol–water partition coefficient (Wildman–Crippen LogP) is 5.13. The van der Waals surface area contributed by atoms with Crippen LogP contribution in [0, 0.1) is 0 Å². The maximum Gasteiger partial charge on any atom is 0.294 e. The molecule has 4 aromatic rings. The van der Waals surface area contributed by atoms with Gasteiger partial charge < -0.3 is 0 Å². The van der Waals surface area contributed by atoms with Gasteiger partial charge in [0.05, 0.1) is 21.2 Å². The van der Waals surface area contributed by atoms with Crippen molar-refractivity contribution in [2.45, 2.75) is 9.79 Å². The lowest BCUT2D eigenvalue weighted by Crippen LogP contribution is -2.26. The molecule has 0 saturated heterocycles. The number of para-hydroxylation sites is 2. The molecular weight excluding hydrogens is 446 g/mol. The van der Waals surface area contributed by atoms with E-state index in [1.165, 1.54) is 28.6 Å². The Kier molecular flexibility index (Phi) is 5.84. The maximum atomic E-state index is 13.6. The molecule has 0 atom stereocenters. The number of hydrogen-bond acceptors (Lipinski definition) is 4. The summed E-state index contributed by atoms with van der Waals surface area (Å²) in [5.74, 6) is 0. The largest absolute Gasteiger partial charge is 0.294 e. The van der Waals surface area contributed by atoms with Gasteiger partial charge in [0.25, 0.3) is 20.1 Å². The van der Waals surface area contributed by atoms with E-state index in [1.54, 1.807) is 72.8 Å². The number of anilines is 2. The molecule has 0 radical (unpaired) electrons. The number of sulfonamides is 1. The van der Waals surface area contributed by atoms with Crippen LogP contribution in [0.15, 0.2) is 119 Å². The van der Waals surface area contributed by atoms with Gasteiger partial charge in [0.2, 0.25) is 0 Å². The molecule has 4 aromatic carbocycles. The van der Waals surface area contributed by atoms with Crippen LogP contribution >= 0.6 is 0 Å². The van der Waals surface area contributed by atoms with E-state index >= 15 is 0 Å². The minimum absolute atomic E-state index is 0.114. The molecule has 0 aliphatic heterocycles. The highest BCUT2D eigenvalue weighted by molar-refractivity contribution is 7.93. The summed E-state index contributed by atoms with van der Waals surface area (Å²) >= 11 is 0. The van der Waals surface area contributed by atoms with E-state index in [0.717, 1.165) is 0 Å². The topological polar surface area (TPSA) is 91.7 Å². The molecule has 0 saturated carbocycles. The molecule has 1 N–H and O–H groups in total. The van der Waals surface area contributed by atoms with Crippen molar-refractivity contribution in [1.82, 2.24) is 0 Å². The second-order valence-corrected chi connectivity index (χ2v) is 10.2. The number of hydrogen-bond donors (Lipinski definition) is 1. The Hall–Kier alpha value is -3.46. The van der Waals surface area contributed by atoms with Crippen molar-refractivity contribution in [2.75, 3.05) is 4.31 Å². The van der Waals surface area contributed by atoms with Crippen LogP contribution < -0.4 is 4.31 Å². The first kappa shape index (κ1) is 21.8.